The molecular formula is C25H27NO. The van der Waals surface area contributed by atoms with Crippen LogP contribution in [0.4, 0.5) is 11.4 Å². The lowest BCUT2D eigenvalue weighted by molar-refractivity contribution is 0.657. The molecule has 4 rings (SSSR count). The second-order valence-electron chi connectivity index (χ2n) is 7.94. The van der Waals surface area contributed by atoms with Gasteiger partial charge in [0, 0.05) is 23.5 Å². The molecule has 0 aliphatic heterocycles. The van der Waals surface area contributed by atoms with Gasteiger partial charge in [-0.3, -0.25) is 0 Å². The number of benzene rings is 3. The standard InChI is InChI=1S/C25H27NO/c1-16(2)18-12-14-19(15-13-18)26(5)23-11-7-10-22-21-9-6-8-20(17(3)4)24(21)27-25(22)23/h6-17H,1-5H3. The summed E-state index contributed by atoms with van der Waals surface area (Å²) in [6, 6.07) is 21.7. The minimum Gasteiger partial charge on any atom is -0.454 e. The van der Waals surface area contributed by atoms with Crippen LogP contribution in [-0.4, -0.2) is 7.05 Å². The van der Waals surface area contributed by atoms with E-state index < -0.39 is 0 Å². The first-order chi connectivity index (χ1) is 13.0. The van der Waals surface area contributed by atoms with E-state index in [0.29, 0.717) is 11.8 Å². The predicted molar refractivity (Wildman–Crippen MR) is 116 cm³/mol. The van der Waals surface area contributed by atoms with Crippen molar-refractivity contribution in [2.24, 2.45) is 0 Å². The molecule has 1 heterocycles. The van der Waals surface area contributed by atoms with Crippen molar-refractivity contribution < 1.29 is 4.42 Å². The van der Waals surface area contributed by atoms with E-state index in [1.807, 2.05) is 0 Å². The first-order valence-electron chi connectivity index (χ1n) is 9.75. The summed E-state index contributed by atoms with van der Waals surface area (Å²) < 4.78 is 6.44. The third-order valence-corrected chi connectivity index (χ3v) is 5.46. The van der Waals surface area contributed by atoms with Gasteiger partial charge in [0.05, 0.1) is 5.69 Å². The highest BCUT2D eigenvalue weighted by Gasteiger charge is 2.17. The Morgan fingerprint density at radius 2 is 1.33 bits per heavy atom. The summed E-state index contributed by atoms with van der Waals surface area (Å²) in [4.78, 5) is 2.21. The topological polar surface area (TPSA) is 16.4 Å². The molecule has 0 saturated carbocycles. The van der Waals surface area contributed by atoms with Crippen LogP contribution < -0.4 is 4.90 Å². The zero-order valence-electron chi connectivity index (χ0n) is 16.8. The van der Waals surface area contributed by atoms with Crippen LogP contribution in [0.2, 0.25) is 0 Å². The van der Waals surface area contributed by atoms with Gasteiger partial charge < -0.3 is 9.32 Å². The molecule has 2 nitrogen and oxygen atoms in total. The zero-order valence-corrected chi connectivity index (χ0v) is 16.8. The second kappa shape index (κ2) is 6.77. The van der Waals surface area contributed by atoms with Crippen LogP contribution in [0.25, 0.3) is 21.9 Å². The van der Waals surface area contributed by atoms with Gasteiger partial charge in [0.1, 0.15) is 5.58 Å². The second-order valence-corrected chi connectivity index (χ2v) is 7.94. The summed E-state index contributed by atoms with van der Waals surface area (Å²) in [5.41, 5.74) is 6.84. The van der Waals surface area contributed by atoms with Gasteiger partial charge in [0.25, 0.3) is 0 Å². The van der Waals surface area contributed by atoms with Crippen LogP contribution in [0.15, 0.2) is 65.1 Å². The molecule has 0 aliphatic carbocycles. The highest BCUT2D eigenvalue weighted by molar-refractivity contribution is 6.10. The van der Waals surface area contributed by atoms with Crippen molar-refractivity contribution in [3.05, 3.63) is 71.8 Å². The largest absolute Gasteiger partial charge is 0.454 e. The van der Waals surface area contributed by atoms with Crippen LogP contribution >= 0.6 is 0 Å². The first kappa shape index (κ1) is 17.7. The molecule has 0 radical (unpaired) electrons. The van der Waals surface area contributed by atoms with Crippen molar-refractivity contribution in [3.8, 4) is 0 Å². The number of para-hydroxylation sites is 2. The number of hydrogen-bond acceptors (Lipinski definition) is 2. The van der Waals surface area contributed by atoms with E-state index in [0.717, 1.165) is 22.5 Å². The summed E-state index contributed by atoms with van der Waals surface area (Å²) in [6.45, 7) is 8.87. The maximum Gasteiger partial charge on any atom is 0.159 e. The smallest absolute Gasteiger partial charge is 0.159 e. The number of nitrogens with zero attached hydrogens (tertiary/aromatic N) is 1. The van der Waals surface area contributed by atoms with E-state index in [1.54, 1.807) is 0 Å². The summed E-state index contributed by atoms with van der Waals surface area (Å²) in [6.07, 6.45) is 0. The van der Waals surface area contributed by atoms with E-state index in [-0.39, 0.29) is 0 Å². The maximum atomic E-state index is 6.44. The lowest BCUT2D eigenvalue weighted by atomic mass is 10.0. The normalized spacial score (nSPS) is 11.8. The van der Waals surface area contributed by atoms with Gasteiger partial charge in [-0.05, 0) is 41.2 Å². The lowest BCUT2D eigenvalue weighted by Crippen LogP contribution is -2.09. The maximum absolute atomic E-state index is 6.44. The van der Waals surface area contributed by atoms with Gasteiger partial charge in [-0.15, -0.1) is 0 Å². The average Bonchev–Trinajstić information content (AvgIpc) is 3.06. The van der Waals surface area contributed by atoms with Crippen molar-refractivity contribution in [3.63, 3.8) is 0 Å². The molecule has 27 heavy (non-hydrogen) atoms. The fourth-order valence-electron chi connectivity index (χ4n) is 3.77. The Labute approximate surface area is 161 Å². The molecule has 0 unspecified atom stereocenters. The summed E-state index contributed by atoms with van der Waals surface area (Å²) in [7, 11) is 2.11. The van der Waals surface area contributed by atoms with Crippen LogP contribution in [0.3, 0.4) is 0 Å². The molecule has 0 atom stereocenters. The van der Waals surface area contributed by atoms with Crippen LogP contribution in [-0.2, 0) is 0 Å². The van der Waals surface area contributed by atoms with Crippen LogP contribution in [0, 0.1) is 0 Å². The molecule has 0 bridgehead atoms. The van der Waals surface area contributed by atoms with E-state index >= 15 is 0 Å². The SMILES string of the molecule is CC(C)c1ccc(N(C)c2cccc3c2oc2c(C(C)C)cccc23)cc1. The number of hydrogen-bond donors (Lipinski definition) is 0. The van der Waals surface area contributed by atoms with Gasteiger partial charge in [-0.1, -0.05) is 70.2 Å². The minimum atomic E-state index is 0.430. The van der Waals surface area contributed by atoms with Crippen molar-refractivity contribution in [2.45, 2.75) is 39.5 Å². The third kappa shape index (κ3) is 2.99. The fourth-order valence-corrected chi connectivity index (χ4v) is 3.77. The monoisotopic (exact) mass is 357 g/mol. The average molecular weight is 357 g/mol. The highest BCUT2D eigenvalue weighted by atomic mass is 16.3. The van der Waals surface area contributed by atoms with Crippen LogP contribution in [0.5, 0.6) is 0 Å². The first-order valence-corrected chi connectivity index (χ1v) is 9.75. The Morgan fingerprint density at radius 3 is 1.96 bits per heavy atom. The number of fused-ring (bicyclic) bond motifs is 3. The van der Waals surface area contributed by atoms with E-state index in [1.165, 1.54) is 21.9 Å². The molecular weight excluding hydrogens is 330 g/mol. The summed E-state index contributed by atoms with van der Waals surface area (Å²) in [5.74, 6) is 0.969. The molecule has 0 saturated heterocycles. The molecule has 0 spiro atoms. The lowest BCUT2D eigenvalue weighted by Gasteiger charge is -2.20. The summed E-state index contributed by atoms with van der Waals surface area (Å²) in [5, 5.41) is 2.37. The van der Waals surface area contributed by atoms with E-state index in [4.69, 9.17) is 4.42 Å². The molecule has 138 valence electrons. The third-order valence-electron chi connectivity index (χ3n) is 5.46. The Balaban J connectivity index is 1.86. The predicted octanol–water partition coefficient (Wildman–Crippen LogP) is 7.60. The van der Waals surface area contributed by atoms with Gasteiger partial charge in [-0.2, -0.15) is 0 Å². The zero-order chi connectivity index (χ0) is 19.1. The van der Waals surface area contributed by atoms with Crippen molar-refractivity contribution in [1.29, 1.82) is 0 Å². The molecule has 4 aromatic rings. The highest BCUT2D eigenvalue weighted by Crippen LogP contribution is 2.39. The summed E-state index contributed by atoms with van der Waals surface area (Å²) >= 11 is 0. The van der Waals surface area contributed by atoms with Gasteiger partial charge in [-0.25, -0.2) is 0 Å². The Kier molecular flexibility index (Phi) is 4.43. The molecule has 0 amide bonds. The number of rotatable bonds is 4. The molecule has 1 aromatic heterocycles. The Bertz CT molecular complexity index is 1090. The quantitative estimate of drug-likeness (QED) is 0.374. The van der Waals surface area contributed by atoms with Crippen molar-refractivity contribution >= 4 is 33.3 Å². The number of furan rings is 1. The van der Waals surface area contributed by atoms with Crippen molar-refractivity contribution in [1.82, 2.24) is 0 Å². The molecule has 0 N–H and O–H groups in total. The van der Waals surface area contributed by atoms with Gasteiger partial charge >= 0.3 is 0 Å². The van der Waals surface area contributed by atoms with Crippen molar-refractivity contribution in [2.75, 3.05) is 11.9 Å². The van der Waals surface area contributed by atoms with E-state index in [9.17, 15) is 0 Å². The van der Waals surface area contributed by atoms with Gasteiger partial charge in [0.2, 0.25) is 0 Å². The number of anilines is 2. The molecule has 0 aliphatic rings. The van der Waals surface area contributed by atoms with E-state index in [2.05, 4.69) is 100 Å². The van der Waals surface area contributed by atoms with Gasteiger partial charge in [0.15, 0.2) is 5.58 Å². The molecule has 0 fully saturated rings. The molecule has 3 aromatic carbocycles. The Morgan fingerprint density at radius 1 is 0.704 bits per heavy atom. The fraction of sp³-hybridized carbons (Fsp3) is 0.280. The van der Waals surface area contributed by atoms with Crippen LogP contribution in [0.1, 0.15) is 50.7 Å². The molecule has 2 heteroatoms. The Hall–Kier alpha value is -2.74. The minimum absolute atomic E-state index is 0.430.